The first-order valence-electron chi connectivity index (χ1n) is 7.72. The lowest BCUT2D eigenvalue weighted by Gasteiger charge is -2.47. The van der Waals surface area contributed by atoms with E-state index in [1.807, 2.05) is 18.2 Å². The van der Waals surface area contributed by atoms with E-state index in [9.17, 15) is 13.7 Å². The van der Waals surface area contributed by atoms with Crippen LogP contribution in [0.3, 0.4) is 0 Å². The van der Waals surface area contributed by atoms with E-state index in [0.29, 0.717) is 23.7 Å². The zero-order chi connectivity index (χ0) is 17.9. The van der Waals surface area contributed by atoms with Crippen molar-refractivity contribution in [2.24, 2.45) is 5.41 Å². The van der Waals surface area contributed by atoms with Gasteiger partial charge < -0.3 is 9.84 Å². The first-order chi connectivity index (χ1) is 12.1. The van der Waals surface area contributed by atoms with Crippen molar-refractivity contribution in [1.82, 2.24) is 4.31 Å². The maximum atomic E-state index is 13.6. The summed E-state index contributed by atoms with van der Waals surface area (Å²) in [6, 6.07) is 14.9. The highest BCUT2D eigenvalue weighted by molar-refractivity contribution is 7.82. The Morgan fingerprint density at radius 3 is 2.60 bits per heavy atom. The van der Waals surface area contributed by atoms with Crippen molar-refractivity contribution in [2.75, 3.05) is 26.3 Å². The molecule has 0 saturated carbocycles. The predicted molar refractivity (Wildman–Crippen MR) is 90.6 cm³/mol. The molecule has 0 radical (unpaired) electrons. The van der Waals surface area contributed by atoms with Gasteiger partial charge in [0, 0.05) is 19.2 Å². The highest BCUT2D eigenvalue weighted by Gasteiger charge is 2.46. The van der Waals surface area contributed by atoms with Gasteiger partial charge in [-0.05, 0) is 24.3 Å². The summed E-state index contributed by atoms with van der Waals surface area (Å²) in [6.45, 7) is 0.902. The molecule has 0 bridgehead atoms. The Balaban J connectivity index is 1.60. The topological polar surface area (TPSA) is 73.6 Å². The van der Waals surface area contributed by atoms with E-state index in [1.54, 1.807) is 22.5 Å². The highest BCUT2D eigenvalue weighted by Crippen LogP contribution is 2.33. The van der Waals surface area contributed by atoms with E-state index in [4.69, 9.17) is 10.00 Å². The molecule has 0 amide bonds. The quantitative estimate of drug-likeness (QED) is 0.856. The predicted octanol–water partition coefficient (Wildman–Crippen LogP) is 2.09. The van der Waals surface area contributed by atoms with Gasteiger partial charge in [-0.15, -0.1) is 0 Å². The van der Waals surface area contributed by atoms with Gasteiger partial charge >= 0.3 is 0 Å². The lowest BCUT2D eigenvalue weighted by Crippen LogP contribution is -2.61. The summed E-state index contributed by atoms with van der Waals surface area (Å²) in [4.78, 5) is 0.712. The van der Waals surface area contributed by atoms with Crippen LogP contribution in [0.25, 0.3) is 0 Å². The van der Waals surface area contributed by atoms with Crippen LogP contribution in [-0.2, 0) is 11.0 Å². The molecule has 130 valence electrons. The Kier molecular flexibility index (Phi) is 5.13. The number of hydrogen-bond acceptors (Lipinski definition) is 4. The van der Waals surface area contributed by atoms with Gasteiger partial charge in [0.15, 0.2) is 0 Å². The SMILES string of the molecule is N#Cc1ccc(OCC2(CO)CN(S(=O)c3ccccc3)C2)cc1F. The van der Waals surface area contributed by atoms with Crippen molar-refractivity contribution >= 4 is 11.0 Å². The van der Waals surface area contributed by atoms with Gasteiger partial charge in [0.2, 0.25) is 0 Å². The fourth-order valence-corrected chi connectivity index (χ4v) is 4.13. The number of benzene rings is 2. The van der Waals surface area contributed by atoms with Gasteiger partial charge in [0.25, 0.3) is 0 Å². The van der Waals surface area contributed by atoms with E-state index in [1.165, 1.54) is 12.1 Å². The van der Waals surface area contributed by atoms with Crippen LogP contribution in [0.1, 0.15) is 5.56 Å². The van der Waals surface area contributed by atoms with Crippen LogP contribution in [0, 0.1) is 22.6 Å². The molecule has 1 aliphatic rings. The minimum Gasteiger partial charge on any atom is -0.493 e. The molecule has 1 heterocycles. The average Bonchev–Trinajstić information content (AvgIpc) is 2.61. The van der Waals surface area contributed by atoms with Gasteiger partial charge in [-0.2, -0.15) is 5.26 Å². The fourth-order valence-electron chi connectivity index (χ4n) is 2.65. The van der Waals surface area contributed by atoms with Crippen molar-refractivity contribution in [2.45, 2.75) is 4.90 Å². The molecular weight excluding hydrogens is 343 g/mol. The van der Waals surface area contributed by atoms with Crippen molar-refractivity contribution in [3.05, 3.63) is 59.9 Å². The third-order valence-corrected chi connectivity index (χ3v) is 5.55. The standard InChI is InChI=1S/C18H17FN2O3S/c19-17-8-15(7-6-14(17)9-20)24-13-18(12-22)10-21(11-18)25(23)16-4-2-1-3-5-16/h1-8,22H,10-13H2. The zero-order valence-corrected chi connectivity index (χ0v) is 14.2. The lowest BCUT2D eigenvalue weighted by molar-refractivity contribution is -0.0250. The smallest absolute Gasteiger partial charge is 0.144 e. The lowest BCUT2D eigenvalue weighted by atomic mass is 9.83. The number of hydrogen-bond donors (Lipinski definition) is 1. The van der Waals surface area contributed by atoms with Gasteiger partial charge in [0.1, 0.15) is 28.6 Å². The molecular formula is C18H17FN2O3S. The average molecular weight is 360 g/mol. The Bertz CT molecular complexity index is 817. The van der Waals surface area contributed by atoms with Crippen molar-refractivity contribution < 1.29 is 18.4 Å². The summed E-state index contributed by atoms with van der Waals surface area (Å²) >= 11 is 0. The fraction of sp³-hybridized carbons (Fsp3) is 0.278. The number of aliphatic hydroxyl groups excluding tert-OH is 1. The Labute approximate surface area is 147 Å². The molecule has 0 aliphatic carbocycles. The second-order valence-electron chi connectivity index (χ2n) is 6.06. The van der Waals surface area contributed by atoms with Crippen LogP contribution in [-0.4, -0.2) is 39.9 Å². The number of nitriles is 1. The first kappa shape index (κ1) is 17.5. The minimum atomic E-state index is -1.28. The Morgan fingerprint density at radius 2 is 2.00 bits per heavy atom. The maximum absolute atomic E-state index is 13.6. The molecule has 5 nitrogen and oxygen atoms in total. The van der Waals surface area contributed by atoms with E-state index < -0.39 is 22.2 Å². The van der Waals surface area contributed by atoms with Crippen molar-refractivity contribution in [1.29, 1.82) is 5.26 Å². The molecule has 0 spiro atoms. The van der Waals surface area contributed by atoms with Gasteiger partial charge in [-0.25, -0.2) is 12.9 Å². The molecule has 1 N–H and O–H groups in total. The normalized spacial score (nSPS) is 17.3. The monoisotopic (exact) mass is 360 g/mol. The second kappa shape index (κ2) is 7.31. The summed E-state index contributed by atoms with van der Waals surface area (Å²) in [7, 11) is -1.28. The summed E-state index contributed by atoms with van der Waals surface area (Å²) in [5.41, 5.74) is -0.577. The molecule has 1 unspecified atom stereocenters. The van der Waals surface area contributed by atoms with Crippen LogP contribution in [0.2, 0.25) is 0 Å². The van der Waals surface area contributed by atoms with Gasteiger partial charge in [-0.3, -0.25) is 0 Å². The van der Waals surface area contributed by atoms with Gasteiger partial charge in [0.05, 0.1) is 29.1 Å². The second-order valence-corrected chi connectivity index (χ2v) is 7.55. The third-order valence-electron chi connectivity index (χ3n) is 4.14. The first-order valence-corrected chi connectivity index (χ1v) is 8.83. The Hall–Kier alpha value is -2.27. The zero-order valence-electron chi connectivity index (χ0n) is 13.4. The van der Waals surface area contributed by atoms with Crippen molar-refractivity contribution in [3.8, 4) is 11.8 Å². The number of aliphatic hydroxyl groups is 1. The summed E-state index contributed by atoms with van der Waals surface area (Å²) in [5, 5.41) is 18.4. The summed E-state index contributed by atoms with van der Waals surface area (Å²) in [5.74, 6) is -0.342. The maximum Gasteiger partial charge on any atom is 0.144 e. The van der Waals surface area contributed by atoms with E-state index in [2.05, 4.69) is 0 Å². The van der Waals surface area contributed by atoms with E-state index in [0.717, 1.165) is 6.07 Å². The number of nitrogens with zero attached hydrogens (tertiary/aromatic N) is 2. The molecule has 1 fully saturated rings. The molecule has 25 heavy (non-hydrogen) atoms. The molecule has 1 atom stereocenters. The number of halogens is 1. The van der Waals surface area contributed by atoms with Crippen LogP contribution in [0.5, 0.6) is 5.75 Å². The minimum absolute atomic E-state index is 0.0442. The summed E-state index contributed by atoms with van der Waals surface area (Å²) < 4.78 is 33.4. The van der Waals surface area contributed by atoms with E-state index in [-0.39, 0.29) is 18.8 Å². The summed E-state index contributed by atoms with van der Waals surface area (Å²) in [6.07, 6.45) is 0. The molecule has 3 rings (SSSR count). The molecule has 1 aliphatic heterocycles. The van der Waals surface area contributed by atoms with Crippen LogP contribution in [0.15, 0.2) is 53.4 Å². The highest BCUT2D eigenvalue weighted by atomic mass is 32.2. The third kappa shape index (κ3) is 3.71. The molecule has 2 aromatic rings. The van der Waals surface area contributed by atoms with Crippen LogP contribution >= 0.6 is 0 Å². The van der Waals surface area contributed by atoms with E-state index >= 15 is 0 Å². The molecule has 7 heteroatoms. The van der Waals surface area contributed by atoms with Crippen LogP contribution in [0.4, 0.5) is 4.39 Å². The van der Waals surface area contributed by atoms with Crippen molar-refractivity contribution in [3.63, 3.8) is 0 Å². The molecule has 2 aromatic carbocycles. The molecule has 1 saturated heterocycles. The van der Waals surface area contributed by atoms with Crippen LogP contribution < -0.4 is 4.74 Å². The number of rotatable bonds is 6. The molecule has 0 aromatic heterocycles. The Morgan fingerprint density at radius 1 is 1.28 bits per heavy atom. The largest absolute Gasteiger partial charge is 0.493 e. The number of ether oxygens (including phenoxy) is 1. The van der Waals surface area contributed by atoms with Gasteiger partial charge in [-0.1, -0.05) is 18.2 Å².